The minimum atomic E-state index is -1.40. The van der Waals surface area contributed by atoms with Crippen molar-refractivity contribution in [3.05, 3.63) is 64.0 Å². The number of para-hydroxylation sites is 1. The van der Waals surface area contributed by atoms with Gasteiger partial charge >= 0.3 is 5.63 Å². The molecule has 2 heterocycles. The predicted octanol–water partition coefficient (Wildman–Crippen LogP) is 2.86. The summed E-state index contributed by atoms with van der Waals surface area (Å²) in [5.41, 5.74) is -1.29. The number of hydrogen-bond donors (Lipinski definition) is 3. The number of aryl methyl sites for hydroxylation is 1. The van der Waals surface area contributed by atoms with Crippen LogP contribution in [-0.4, -0.2) is 58.3 Å². The first-order valence-electron chi connectivity index (χ1n) is 11.3. The van der Waals surface area contributed by atoms with Crippen molar-refractivity contribution in [2.45, 2.75) is 57.9 Å². The van der Waals surface area contributed by atoms with Gasteiger partial charge < -0.3 is 38.8 Å². The first-order valence-corrected chi connectivity index (χ1v) is 11.3. The van der Waals surface area contributed by atoms with E-state index in [0.717, 1.165) is 0 Å². The topological polar surface area (TPSA) is 140 Å². The van der Waals surface area contributed by atoms with E-state index < -0.39 is 35.8 Å². The number of nitrogens with zero attached hydrogens (tertiary/aromatic N) is 1. The molecule has 1 aromatic heterocycles. The van der Waals surface area contributed by atoms with Gasteiger partial charge in [-0.15, -0.1) is 0 Å². The largest absolute Gasteiger partial charge is 0.506 e. The normalized spacial score (nSPS) is 24.0. The van der Waals surface area contributed by atoms with Crippen LogP contribution >= 0.6 is 0 Å². The number of aliphatic hydroxyl groups is 2. The van der Waals surface area contributed by atoms with Crippen molar-refractivity contribution in [1.82, 2.24) is 0 Å². The maximum atomic E-state index is 12.8. The lowest BCUT2D eigenvalue weighted by Gasteiger charge is -2.46. The highest BCUT2D eigenvalue weighted by Gasteiger charge is 2.50. The minimum Gasteiger partial charge on any atom is -0.506 e. The van der Waals surface area contributed by atoms with Gasteiger partial charge in [0.1, 0.15) is 41.0 Å². The first-order chi connectivity index (χ1) is 17.0. The van der Waals surface area contributed by atoms with E-state index in [4.69, 9.17) is 23.5 Å². The number of oxime groups is 1. The van der Waals surface area contributed by atoms with Gasteiger partial charge in [0, 0.05) is 12.7 Å². The second-order valence-corrected chi connectivity index (χ2v) is 9.10. The Labute approximate surface area is 207 Å². The van der Waals surface area contributed by atoms with Crippen LogP contribution in [0.4, 0.5) is 0 Å². The predicted molar refractivity (Wildman–Crippen MR) is 131 cm³/mol. The van der Waals surface area contributed by atoms with Crippen molar-refractivity contribution in [2.24, 2.45) is 5.16 Å². The Hall–Kier alpha value is -3.44. The lowest BCUT2D eigenvalue weighted by atomic mass is 9.89. The SMILES string of the molecule is CO[C@@H]1[C@@H](O)[C@@H](O)[C@H](Oc2ccc3c(O)c(C(C)=NOc4ccccc4)c(=O)oc3c2C)OC1(C)C. The Balaban J connectivity index is 1.66. The molecule has 3 N–H and O–H groups in total. The van der Waals surface area contributed by atoms with Crippen LogP contribution in [0, 0.1) is 6.92 Å². The average molecular weight is 500 g/mol. The fraction of sp³-hybridized carbons (Fsp3) is 0.385. The molecule has 1 fully saturated rings. The molecule has 1 aliphatic heterocycles. The molecule has 1 saturated heterocycles. The molecule has 192 valence electrons. The summed E-state index contributed by atoms with van der Waals surface area (Å²) < 4.78 is 22.5. The molecule has 0 amide bonds. The molecular formula is C26H29NO9. The van der Waals surface area contributed by atoms with Gasteiger partial charge in [-0.2, -0.15) is 0 Å². The van der Waals surface area contributed by atoms with Crippen LogP contribution in [0.2, 0.25) is 0 Å². The van der Waals surface area contributed by atoms with Gasteiger partial charge in [0.15, 0.2) is 5.75 Å². The highest BCUT2D eigenvalue weighted by atomic mass is 16.7. The Morgan fingerprint density at radius 1 is 1.08 bits per heavy atom. The van der Waals surface area contributed by atoms with E-state index in [1.807, 2.05) is 6.07 Å². The number of methoxy groups -OCH3 is 1. The van der Waals surface area contributed by atoms with E-state index in [-0.39, 0.29) is 33.7 Å². The third-order valence-corrected chi connectivity index (χ3v) is 6.18. The summed E-state index contributed by atoms with van der Waals surface area (Å²) in [6.07, 6.45) is -4.64. The number of hydrogen-bond acceptors (Lipinski definition) is 10. The summed E-state index contributed by atoms with van der Waals surface area (Å²) in [6, 6.07) is 11.8. The van der Waals surface area contributed by atoms with Crippen LogP contribution < -0.4 is 15.2 Å². The number of aliphatic hydroxyl groups excluding tert-OH is 2. The van der Waals surface area contributed by atoms with E-state index in [9.17, 15) is 20.1 Å². The fourth-order valence-electron chi connectivity index (χ4n) is 4.29. The number of aromatic hydroxyl groups is 1. The molecule has 4 rings (SSSR count). The van der Waals surface area contributed by atoms with Gasteiger partial charge in [-0.1, -0.05) is 23.4 Å². The van der Waals surface area contributed by atoms with Crippen molar-refractivity contribution in [2.75, 3.05) is 7.11 Å². The summed E-state index contributed by atoms with van der Waals surface area (Å²) in [4.78, 5) is 18.1. The van der Waals surface area contributed by atoms with Gasteiger partial charge in [-0.05, 0) is 52.0 Å². The first kappa shape index (κ1) is 25.6. The van der Waals surface area contributed by atoms with E-state index in [1.54, 1.807) is 51.1 Å². The zero-order valence-electron chi connectivity index (χ0n) is 20.6. The summed E-state index contributed by atoms with van der Waals surface area (Å²) in [6.45, 7) is 6.58. The summed E-state index contributed by atoms with van der Waals surface area (Å²) in [5, 5.41) is 36.1. The van der Waals surface area contributed by atoms with E-state index in [0.29, 0.717) is 11.3 Å². The molecule has 36 heavy (non-hydrogen) atoms. The quantitative estimate of drug-likeness (QED) is 0.265. The van der Waals surface area contributed by atoms with Gasteiger partial charge in [-0.3, -0.25) is 0 Å². The standard InChI is InChI=1S/C26H29NO9/c1-13-17(33-25-21(30)20(29)23(32-5)26(3,4)35-25)12-11-16-19(28)18(24(31)34-22(13)16)14(2)27-36-15-9-7-6-8-10-15/h6-12,20-21,23,25,28-30H,1-5H3/t20-,21+,23+,25+/m0/s1. The Kier molecular flexibility index (Phi) is 7.05. The van der Waals surface area contributed by atoms with E-state index >= 15 is 0 Å². The second kappa shape index (κ2) is 9.90. The number of benzene rings is 2. The molecule has 1 aliphatic rings. The van der Waals surface area contributed by atoms with Crippen LogP contribution in [0.15, 0.2) is 56.8 Å². The summed E-state index contributed by atoms with van der Waals surface area (Å²) in [7, 11) is 1.42. The molecule has 10 heteroatoms. The van der Waals surface area contributed by atoms with Crippen LogP contribution in [0.5, 0.6) is 17.2 Å². The second-order valence-electron chi connectivity index (χ2n) is 9.10. The minimum absolute atomic E-state index is 0.0930. The number of fused-ring (bicyclic) bond motifs is 1. The van der Waals surface area contributed by atoms with Crippen molar-refractivity contribution < 1.29 is 38.8 Å². The molecule has 10 nitrogen and oxygen atoms in total. The van der Waals surface area contributed by atoms with Gasteiger partial charge in [0.05, 0.1) is 16.7 Å². The molecule has 0 spiro atoms. The number of rotatable bonds is 6. The molecular weight excluding hydrogens is 470 g/mol. The monoisotopic (exact) mass is 499 g/mol. The molecule has 4 atom stereocenters. The smallest absolute Gasteiger partial charge is 0.349 e. The van der Waals surface area contributed by atoms with Gasteiger partial charge in [0.25, 0.3) is 0 Å². The zero-order chi connectivity index (χ0) is 26.2. The van der Waals surface area contributed by atoms with E-state index in [2.05, 4.69) is 5.16 Å². The van der Waals surface area contributed by atoms with Crippen LogP contribution in [0.1, 0.15) is 31.9 Å². The van der Waals surface area contributed by atoms with Gasteiger partial charge in [-0.25, -0.2) is 4.79 Å². The number of ether oxygens (including phenoxy) is 3. The Morgan fingerprint density at radius 3 is 2.44 bits per heavy atom. The fourth-order valence-corrected chi connectivity index (χ4v) is 4.29. The summed E-state index contributed by atoms with van der Waals surface area (Å²) >= 11 is 0. The third-order valence-electron chi connectivity index (χ3n) is 6.18. The Morgan fingerprint density at radius 2 is 1.78 bits per heavy atom. The molecule has 0 unspecified atom stereocenters. The maximum Gasteiger partial charge on any atom is 0.349 e. The molecule has 0 aliphatic carbocycles. The van der Waals surface area contributed by atoms with Crippen molar-refractivity contribution in [1.29, 1.82) is 0 Å². The molecule has 2 aromatic carbocycles. The molecule has 0 bridgehead atoms. The van der Waals surface area contributed by atoms with Crippen molar-refractivity contribution >= 4 is 16.7 Å². The lowest BCUT2D eigenvalue weighted by molar-refractivity contribution is -0.306. The Bertz CT molecular complexity index is 1330. The van der Waals surface area contributed by atoms with Gasteiger partial charge in [0.2, 0.25) is 6.29 Å². The highest BCUT2D eigenvalue weighted by molar-refractivity contribution is 6.04. The molecule has 3 aromatic rings. The average Bonchev–Trinajstić information content (AvgIpc) is 2.83. The van der Waals surface area contributed by atoms with Crippen molar-refractivity contribution in [3.8, 4) is 17.2 Å². The zero-order valence-corrected chi connectivity index (χ0v) is 20.6. The molecule has 0 saturated carbocycles. The lowest BCUT2D eigenvalue weighted by Crippen LogP contribution is -2.63. The highest BCUT2D eigenvalue weighted by Crippen LogP contribution is 2.37. The van der Waals surface area contributed by atoms with Crippen molar-refractivity contribution in [3.63, 3.8) is 0 Å². The summed E-state index contributed by atoms with van der Waals surface area (Å²) in [5.74, 6) is 0.386. The van der Waals surface area contributed by atoms with Crippen LogP contribution in [0.3, 0.4) is 0 Å². The maximum absolute atomic E-state index is 12.8. The third kappa shape index (κ3) is 4.68. The van der Waals surface area contributed by atoms with E-state index in [1.165, 1.54) is 20.1 Å². The van der Waals surface area contributed by atoms with Crippen LogP contribution in [0.25, 0.3) is 11.0 Å². The molecule has 0 radical (unpaired) electrons. The van der Waals surface area contributed by atoms with Crippen LogP contribution in [-0.2, 0) is 9.47 Å².